The Labute approximate surface area is 152 Å². The van der Waals surface area contributed by atoms with E-state index in [2.05, 4.69) is 19.2 Å². The second kappa shape index (κ2) is 6.78. The van der Waals surface area contributed by atoms with E-state index in [4.69, 9.17) is 0 Å². The van der Waals surface area contributed by atoms with Crippen molar-refractivity contribution in [2.75, 3.05) is 13.1 Å². The Hall–Kier alpha value is -1.89. The predicted octanol–water partition coefficient (Wildman–Crippen LogP) is 2.38. The highest BCUT2D eigenvalue weighted by molar-refractivity contribution is 7.10. The lowest BCUT2D eigenvalue weighted by atomic mass is 9.92. The zero-order valence-electron chi connectivity index (χ0n) is 15.0. The van der Waals surface area contributed by atoms with Crippen LogP contribution in [-0.2, 0) is 22.6 Å². The third kappa shape index (κ3) is 3.56. The zero-order valence-corrected chi connectivity index (χ0v) is 15.8. The Morgan fingerprint density at radius 2 is 2.16 bits per heavy atom. The number of thiophene rings is 1. The van der Waals surface area contributed by atoms with Gasteiger partial charge in [-0.1, -0.05) is 13.8 Å². The van der Waals surface area contributed by atoms with Crippen LogP contribution in [0.2, 0.25) is 0 Å². The molecule has 1 N–H and O–H groups in total. The van der Waals surface area contributed by atoms with Gasteiger partial charge in [-0.25, -0.2) is 4.79 Å². The van der Waals surface area contributed by atoms with Gasteiger partial charge in [0.2, 0.25) is 5.91 Å². The highest BCUT2D eigenvalue weighted by Crippen LogP contribution is 2.26. The summed E-state index contributed by atoms with van der Waals surface area (Å²) in [7, 11) is 0. The number of carbonyl (C=O) groups excluding carboxylic acids is 3. The third-order valence-electron chi connectivity index (χ3n) is 5.02. The third-order valence-corrected chi connectivity index (χ3v) is 6.04. The van der Waals surface area contributed by atoms with Gasteiger partial charge in [0, 0.05) is 18.0 Å². The normalized spacial score (nSPS) is 23.2. The van der Waals surface area contributed by atoms with E-state index in [0.717, 1.165) is 17.7 Å². The van der Waals surface area contributed by atoms with Crippen molar-refractivity contribution in [1.82, 2.24) is 15.1 Å². The maximum absolute atomic E-state index is 12.7. The summed E-state index contributed by atoms with van der Waals surface area (Å²) in [5, 5.41) is 4.81. The molecule has 2 aliphatic heterocycles. The minimum Gasteiger partial charge on any atom is -0.336 e. The van der Waals surface area contributed by atoms with Crippen molar-refractivity contribution in [2.24, 2.45) is 5.92 Å². The molecule has 7 heteroatoms. The van der Waals surface area contributed by atoms with Gasteiger partial charge in [0.05, 0.1) is 0 Å². The van der Waals surface area contributed by atoms with Crippen molar-refractivity contribution < 1.29 is 14.4 Å². The van der Waals surface area contributed by atoms with Crippen LogP contribution < -0.4 is 5.32 Å². The van der Waals surface area contributed by atoms with E-state index in [-0.39, 0.29) is 18.4 Å². The van der Waals surface area contributed by atoms with Crippen molar-refractivity contribution in [3.05, 3.63) is 21.9 Å². The number of nitrogens with one attached hydrogen (secondary N) is 1. The lowest BCUT2D eigenvalue weighted by Crippen LogP contribution is -2.46. The van der Waals surface area contributed by atoms with Gasteiger partial charge < -0.3 is 10.2 Å². The van der Waals surface area contributed by atoms with E-state index in [1.165, 1.54) is 10.4 Å². The van der Waals surface area contributed by atoms with Crippen molar-refractivity contribution in [3.8, 4) is 0 Å². The fourth-order valence-corrected chi connectivity index (χ4v) is 4.22. The van der Waals surface area contributed by atoms with Gasteiger partial charge in [0.1, 0.15) is 12.1 Å². The quantitative estimate of drug-likeness (QED) is 0.817. The van der Waals surface area contributed by atoms with Crippen LogP contribution in [-0.4, -0.2) is 46.3 Å². The Kier molecular flexibility index (Phi) is 4.86. The van der Waals surface area contributed by atoms with E-state index in [9.17, 15) is 14.4 Å². The molecular formula is C18H25N3O3S. The highest BCUT2D eigenvalue weighted by atomic mass is 32.1. The van der Waals surface area contributed by atoms with Gasteiger partial charge in [-0.3, -0.25) is 14.5 Å². The molecule has 25 heavy (non-hydrogen) atoms. The largest absolute Gasteiger partial charge is 0.336 e. The minimum atomic E-state index is -0.899. The van der Waals surface area contributed by atoms with E-state index >= 15 is 0 Å². The number of fused-ring (bicyclic) bond motifs is 1. The molecule has 1 aromatic heterocycles. The standard InChI is InChI=1S/C18H25N3O3S/c1-12(2)4-7-18(3)16(23)21(17(24)19-18)11-15(22)20-8-5-14-13(10-20)6-9-25-14/h6,9,12H,4-5,7-8,10-11H2,1-3H3,(H,19,24). The first-order chi connectivity index (χ1) is 11.8. The number of rotatable bonds is 5. The summed E-state index contributed by atoms with van der Waals surface area (Å²) in [5.41, 5.74) is 0.271. The summed E-state index contributed by atoms with van der Waals surface area (Å²) >= 11 is 1.71. The molecule has 1 unspecified atom stereocenters. The monoisotopic (exact) mass is 363 g/mol. The Bertz CT molecular complexity index is 699. The van der Waals surface area contributed by atoms with Crippen molar-refractivity contribution in [1.29, 1.82) is 0 Å². The van der Waals surface area contributed by atoms with Crippen molar-refractivity contribution >= 4 is 29.2 Å². The molecule has 0 aromatic carbocycles. The number of imide groups is 1. The SMILES string of the molecule is CC(C)CCC1(C)NC(=O)N(CC(=O)N2CCc3sccc3C2)C1=O. The molecule has 1 atom stereocenters. The van der Waals surface area contributed by atoms with Crippen LogP contribution in [0.5, 0.6) is 0 Å². The number of carbonyl (C=O) groups is 3. The zero-order chi connectivity index (χ0) is 18.2. The molecule has 2 aliphatic rings. The average Bonchev–Trinajstić information content (AvgIpc) is 3.11. The predicted molar refractivity (Wildman–Crippen MR) is 96.2 cm³/mol. The lowest BCUT2D eigenvalue weighted by molar-refractivity contribution is -0.139. The van der Waals surface area contributed by atoms with E-state index in [0.29, 0.717) is 25.4 Å². The van der Waals surface area contributed by atoms with E-state index < -0.39 is 11.6 Å². The van der Waals surface area contributed by atoms with Gasteiger partial charge in [-0.05, 0) is 49.1 Å². The summed E-state index contributed by atoms with van der Waals surface area (Å²) in [6.07, 6.45) is 2.27. The van der Waals surface area contributed by atoms with Crippen LogP contribution >= 0.6 is 11.3 Å². The lowest BCUT2D eigenvalue weighted by Gasteiger charge is -2.28. The summed E-state index contributed by atoms with van der Waals surface area (Å²) < 4.78 is 0. The summed E-state index contributed by atoms with van der Waals surface area (Å²) in [4.78, 5) is 41.7. The number of amides is 4. The van der Waals surface area contributed by atoms with Crippen LogP contribution in [0.4, 0.5) is 4.79 Å². The van der Waals surface area contributed by atoms with E-state index in [1.807, 2.05) is 11.4 Å². The van der Waals surface area contributed by atoms with Crippen LogP contribution in [0.1, 0.15) is 44.1 Å². The fraction of sp³-hybridized carbons (Fsp3) is 0.611. The summed E-state index contributed by atoms with van der Waals surface area (Å²) in [5.74, 6) is -0.0152. The maximum Gasteiger partial charge on any atom is 0.325 e. The minimum absolute atomic E-state index is 0.173. The molecule has 0 radical (unpaired) electrons. The molecule has 0 saturated carbocycles. The second-order valence-corrected chi connectivity index (χ2v) is 8.52. The van der Waals surface area contributed by atoms with Crippen LogP contribution in [0, 0.1) is 5.92 Å². The van der Waals surface area contributed by atoms with Gasteiger partial charge in [0.25, 0.3) is 5.91 Å². The van der Waals surface area contributed by atoms with Gasteiger partial charge in [-0.2, -0.15) is 0 Å². The smallest absolute Gasteiger partial charge is 0.325 e. The molecular weight excluding hydrogens is 338 g/mol. The average molecular weight is 363 g/mol. The van der Waals surface area contributed by atoms with Crippen LogP contribution in [0.15, 0.2) is 11.4 Å². The number of nitrogens with zero attached hydrogens (tertiary/aromatic N) is 2. The first-order valence-electron chi connectivity index (χ1n) is 8.77. The van der Waals surface area contributed by atoms with Gasteiger partial charge >= 0.3 is 6.03 Å². The molecule has 0 aliphatic carbocycles. The molecule has 4 amide bonds. The first-order valence-corrected chi connectivity index (χ1v) is 9.65. The Balaban J connectivity index is 1.63. The highest BCUT2D eigenvalue weighted by Gasteiger charge is 2.48. The topological polar surface area (TPSA) is 69.7 Å². The molecule has 0 spiro atoms. The molecule has 136 valence electrons. The molecule has 3 rings (SSSR count). The first kappa shape index (κ1) is 17.9. The maximum atomic E-state index is 12.7. The van der Waals surface area contributed by atoms with E-state index in [1.54, 1.807) is 23.2 Å². The fourth-order valence-electron chi connectivity index (χ4n) is 3.33. The summed E-state index contributed by atoms with van der Waals surface area (Å²) in [6.45, 7) is 6.94. The summed E-state index contributed by atoms with van der Waals surface area (Å²) in [6, 6.07) is 1.58. The van der Waals surface area contributed by atoms with Gasteiger partial charge in [-0.15, -0.1) is 11.3 Å². The van der Waals surface area contributed by atoms with Crippen molar-refractivity contribution in [2.45, 2.75) is 52.1 Å². The van der Waals surface area contributed by atoms with Crippen LogP contribution in [0.3, 0.4) is 0 Å². The molecule has 1 fully saturated rings. The van der Waals surface area contributed by atoms with Crippen molar-refractivity contribution in [3.63, 3.8) is 0 Å². The molecule has 0 bridgehead atoms. The number of hydrogen-bond donors (Lipinski definition) is 1. The molecule has 3 heterocycles. The second-order valence-electron chi connectivity index (χ2n) is 7.52. The number of urea groups is 1. The number of hydrogen-bond acceptors (Lipinski definition) is 4. The molecule has 6 nitrogen and oxygen atoms in total. The van der Waals surface area contributed by atoms with Crippen LogP contribution in [0.25, 0.3) is 0 Å². The molecule has 1 saturated heterocycles. The Morgan fingerprint density at radius 1 is 1.40 bits per heavy atom. The molecule has 1 aromatic rings. The van der Waals surface area contributed by atoms with Gasteiger partial charge in [0.15, 0.2) is 0 Å². The Morgan fingerprint density at radius 3 is 2.88 bits per heavy atom.